The van der Waals surface area contributed by atoms with E-state index in [1.54, 1.807) is 20.8 Å². The highest BCUT2D eigenvalue weighted by molar-refractivity contribution is 7.54. The summed E-state index contributed by atoms with van der Waals surface area (Å²) in [6, 6.07) is 0. The molecule has 2 unspecified atom stereocenters. The van der Waals surface area contributed by atoms with Gasteiger partial charge in [-0.05, 0) is 78.4 Å². The van der Waals surface area contributed by atoms with Gasteiger partial charge in [0.05, 0.1) is 25.5 Å². The molecule has 0 radical (unpaired) electrons. The van der Waals surface area contributed by atoms with Crippen molar-refractivity contribution in [2.24, 2.45) is 0 Å². The van der Waals surface area contributed by atoms with Gasteiger partial charge in [-0.3, -0.25) is 9.36 Å². The molecule has 0 N–H and O–H groups in total. The van der Waals surface area contributed by atoms with Gasteiger partial charge in [0.25, 0.3) is 0 Å². The molecule has 0 rings (SSSR count). The number of ether oxygens (including phenoxy) is 1. The van der Waals surface area contributed by atoms with Crippen molar-refractivity contribution in [1.29, 1.82) is 0 Å². The summed E-state index contributed by atoms with van der Waals surface area (Å²) >= 11 is 0. The summed E-state index contributed by atoms with van der Waals surface area (Å²) in [6.45, 7) is 23.5. The van der Waals surface area contributed by atoms with Gasteiger partial charge >= 0.3 is 13.6 Å². The normalized spacial score (nSPS) is 15.9. The molecule has 6 nitrogen and oxygen atoms in total. The topological polar surface area (TPSA) is 71.1 Å². The van der Waals surface area contributed by atoms with Crippen molar-refractivity contribution in [3.05, 3.63) is 23.3 Å². The summed E-state index contributed by atoms with van der Waals surface area (Å²) in [4.78, 5) is 11.7. The summed E-state index contributed by atoms with van der Waals surface area (Å²) in [5.74, 6) is -0.390. The minimum Gasteiger partial charge on any atom is -0.462 e. The lowest BCUT2D eigenvalue weighted by atomic mass is 10.0. The molecule has 0 aliphatic rings. The fourth-order valence-electron chi connectivity index (χ4n) is 3.18. The van der Waals surface area contributed by atoms with Crippen LogP contribution in [-0.2, 0) is 27.6 Å². The Morgan fingerprint density at radius 2 is 1.50 bits per heavy atom. The molecule has 8 heteroatoms. The molecule has 0 aromatic carbocycles. The molecule has 0 aromatic rings. The van der Waals surface area contributed by atoms with Crippen molar-refractivity contribution in [1.82, 2.24) is 0 Å². The lowest BCUT2D eigenvalue weighted by molar-refractivity contribution is -0.146. The Morgan fingerprint density at radius 1 is 0.971 bits per heavy atom. The number of hydrogen-bond acceptors (Lipinski definition) is 6. The van der Waals surface area contributed by atoms with Gasteiger partial charge in [0.15, 0.2) is 8.32 Å². The van der Waals surface area contributed by atoms with Crippen LogP contribution in [0.2, 0.25) is 18.1 Å². The predicted molar refractivity (Wildman–Crippen MR) is 145 cm³/mol. The van der Waals surface area contributed by atoms with E-state index >= 15 is 0 Å². The summed E-state index contributed by atoms with van der Waals surface area (Å²) in [5, 5.41) is 0.217. The summed E-state index contributed by atoms with van der Waals surface area (Å²) in [6.07, 6.45) is 7.14. The first-order valence-electron chi connectivity index (χ1n) is 12.6. The van der Waals surface area contributed by atoms with Crippen LogP contribution in [0.1, 0.15) is 88.0 Å². The van der Waals surface area contributed by atoms with Crippen molar-refractivity contribution in [2.45, 2.75) is 118 Å². The van der Waals surface area contributed by atoms with Crippen LogP contribution in [0, 0.1) is 0 Å². The summed E-state index contributed by atoms with van der Waals surface area (Å²) in [5.41, 5.74) is 2.01. The van der Waals surface area contributed by atoms with E-state index in [-0.39, 0.29) is 18.3 Å². The Bertz CT molecular complexity index is 713. The van der Waals surface area contributed by atoms with Gasteiger partial charge in [-0.1, -0.05) is 44.1 Å². The van der Waals surface area contributed by atoms with Crippen LogP contribution >= 0.6 is 7.60 Å². The van der Waals surface area contributed by atoms with E-state index in [0.717, 1.165) is 19.3 Å². The second-order valence-electron chi connectivity index (χ2n) is 10.5. The Hall–Kier alpha value is -0.723. The van der Waals surface area contributed by atoms with Crippen LogP contribution in [0.4, 0.5) is 0 Å². The van der Waals surface area contributed by atoms with E-state index in [1.807, 2.05) is 0 Å². The van der Waals surface area contributed by atoms with Gasteiger partial charge in [0.1, 0.15) is 6.10 Å². The van der Waals surface area contributed by atoms with Crippen LogP contribution < -0.4 is 0 Å². The van der Waals surface area contributed by atoms with Gasteiger partial charge in [-0.15, -0.1) is 0 Å². The predicted octanol–water partition coefficient (Wildman–Crippen LogP) is 8.05. The standard InChI is InChI=1S/C26H51O6PSi/c1-12-29-33(28,30-13-2)23(5)25(32-24(6)27)18-17-21(3)15-14-16-22(4)19-20-31-34(10,11)26(7,8)9/h15,19,23,25H,12-14,16-18,20H2,1-11H3/b21-15+,22-19+. The van der Waals surface area contributed by atoms with Crippen LogP contribution in [0.25, 0.3) is 0 Å². The lowest BCUT2D eigenvalue weighted by Crippen LogP contribution is -2.40. The molecule has 0 saturated heterocycles. The smallest absolute Gasteiger partial charge is 0.337 e. The minimum absolute atomic E-state index is 0.217. The zero-order valence-electron chi connectivity index (χ0n) is 23.7. The number of carbonyl (C=O) groups is 1. The summed E-state index contributed by atoms with van der Waals surface area (Å²) < 4.78 is 35.9. The molecule has 0 saturated carbocycles. The largest absolute Gasteiger partial charge is 0.462 e. The van der Waals surface area contributed by atoms with Crippen molar-refractivity contribution < 1.29 is 27.6 Å². The van der Waals surface area contributed by atoms with Crippen LogP contribution in [-0.4, -0.2) is 45.9 Å². The zero-order chi connectivity index (χ0) is 26.6. The molecule has 0 amide bonds. The molecular formula is C26H51O6PSi. The van der Waals surface area contributed by atoms with E-state index in [0.29, 0.717) is 13.0 Å². The number of esters is 1. The van der Waals surface area contributed by atoms with E-state index < -0.39 is 33.6 Å². The molecule has 0 heterocycles. The Kier molecular flexibility index (Phi) is 15.1. The van der Waals surface area contributed by atoms with Crippen molar-refractivity contribution in [3.8, 4) is 0 Å². The average molecular weight is 519 g/mol. The Labute approximate surface area is 210 Å². The van der Waals surface area contributed by atoms with Gasteiger partial charge in [-0.25, -0.2) is 0 Å². The van der Waals surface area contributed by atoms with Crippen LogP contribution in [0.15, 0.2) is 23.3 Å². The number of carbonyl (C=O) groups excluding carboxylic acids is 1. The molecule has 0 aliphatic heterocycles. The number of hydrogen-bond donors (Lipinski definition) is 0. The monoisotopic (exact) mass is 518 g/mol. The third kappa shape index (κ3) is 12.3. The molecule has 2 atom stereocenters. The van der Waals surface area contributed by atoms with E-state index in [2.05, 4.69) is 59.9 Å². The minimum atomic E-state index is -3.36. The van der Waals surface area contributed by atoms with Crippen molar-refractivity contribution in [3.63, 3.8) is 0 Å². The van der Waals surface area contributed by atoms with Gasteiger partial charge in [-0.2, -0.15) is 0 Å². The van der Waals surface area contributed by atoms with E-state index in [4.69, 9.17) is 18.2 Å². The fourth-order valence-corrected chi connectivity index (χ4v) is 5.99. The van der Waals surface area contributed by atoms with E-state index in [9.17, 15) is 9.36 Å². The lowest BCUT2D eigenvalue weighted by Gasteiger charge is -2.35. The maximum Gasteiger partial charge on any atom is 0.337 e. The Morgan fingerprint density at radius 3 is 1.97 bits per heavy atom. The maximum absolute atomic E-state index is 13.2. The number of allylic oxidation sites excluding steroid dienone is 3. The SMILES string of the molecule is CCOP(=O)(OCC)C(C)C(CC/C(C)=C/CC/C(C)=C/CO[Si](C)(C)C(C)(C)C)OC(C)=O. The van der Waals surface area contributed by atoms with Crippen LogP contribution in [0.5, 0.6) is 0 Å². The molecule has 200 valence electrons. The Balaban J connectivity index is 4.90. The van der Waals surface area contributed by atoms with Crippen molar-refractivity contribution in [2.75, 3.05) is 19.8 Å². The highest BCUT2D eigenvalue weighted by Crippen LogP contribution is 2.55. The first kappa shape index (κ1) is 33.3. The molecular weight excluding hydrogens is 467 g/mol. The van der Waals surface area contributed by atoms with Gasteiger partial charge in [0, 0.05) is 6.92 Å². The first-order chi connectivity index (χ1) is 15.6. The second-order valence-corrected chi connectivity index (χ2v) is 17.7. The average Bonchev–Trinajstić information content (AvgIpc) is 2.69. The van der Waals surface area contributed by atoms with Crippen molar-refractivity contribution >= 4 is 21.9 Å². The highest BCUT2D eigenvalue weighted by atomic mass is 31.2. The highest BCUT2D eigenvalue weighted by Gasteiger charge is 2.39. The molecule has 0 fully saturated rings. The third-order valence-corrected chi connectivity index (χ3v) is 13.6. The molecule has 0 aromatic heterocycles. The van der Waals surface area contributed by atoms with Crippen LogP contribution in [0.3, 0.4) is 0 Å². The van der Waals surface area contributed by atoms with Gasteiger partial charge in [0.2, 0.25) is 0 Å². The molecule has 0 bridgehead atoms. The third-order valence-electron chi connectivity index (χ3n) is 6.51. The summed E-state index contributed by atoms with van der Waals surface area (Å²) in [7, 11) is -5.08. The molecule has 0 spiro atoms. The quantitative estimate of drug-likeness (QED) is 0.0891. The first-order valence-corrected chi connectivity index (χ1v) is 17.1. The molecule has 0 aliphatic carbocycles. The zero-order valence-corrected chi connectivity index (χ0v) is 25.6. The molecule has 34 heavy (non-hydrogen) atoms. The number of rotatable bonds is 16. The van der Waals surface area contributed by atoms with E-state index in [1.165, 1.54) is 18.1 Å². The maximum atomic E-state index is 13.2. The van der Waals surface area contributed by atoms with Gasteiger partial charge < -0.3 is 18.2 Å². The second kappa shape index (κ2) is 15.4. The fraction of sp³-hybridized carbons (Fsp3) is 0.808.